The van der Waals surface area contributed by atoms with Crippen LogP contribution in [0.2, 0.25) is 0 Å². The maximum Gasteiger partial charge on any atom is 0.153 e. The highest BCUT2D eigenvalue weighted by atomic mass is 35.5. The van der Waals surface area contributed by atoms with Crippen molar-refractivity contribution < 1.29 is 0 Å². The number of rotatable bonds is 2. The van der Waals surface area contributed by atoms with Crippen LogP contribution in [-0.4, -0.2) is 15.2 Å². The summed E-state index contributed by atoms with van der Waals surface area (Å²) < 4.78 is 0. The number of hydrogen-bond acceptors (Lipinski definition) is 2. The van der Waals surface area contributed by atoms with Crippen LogP contribution in [0.25, 0.3) is 0 Å². The summed E-state index contributed by atoms with van der Waals surface area (Å²) in [5, 5.41) is 7.23. The number of hydrogen-bond donors (Lipinski definition) is 1. The van der Waals surface area contributed by atoms with Gasteiger partial charge in [0.1, 0.15) is 5.82 Å². The lowest BCUT2D eigenvalue weighted by Gasteiger charge is -1.84. The van der Waals surface area contributed by atoms with E-state index in [-0.39, 0.29) is 12.4 Å². The lowest BCUT2D eigenvalue weighted by Crippen LogP contribution is -1.82. The Labute approximate surface area is 77.4 Å². The average Bonchev–Trinajstić information content (AvgIpc) is 2.90. The molecule has 2 saturated carbocycles. The smallest absolute Gasteiger partial charge is 0.153 e. The zero-order chi connectivity index (χ0) is 7.26. The number of nitrogens with one attached hydrogen (secondary N) is 1. The van der Waals surface area contributed by atoms with E-state index in [1.54, 1.807) is 0 Å². The molecule has 1 N–H and O–H groups in total. The van der Waals surface area contributed by atoms with Crippen molar-refractivity contribution in [3.8, 4) is 0 Å². The van der Waals surface area contributed by atoms with E-state index in [4.69, 9.17) is 0 Å². The summed E-state index contributed by atoms with van der Waals surface area (Å²) in [7, 11) is 0. The molecular weight excluding hydrogens is 174 g/mol. The molecule has 0 spiro atoms. The van der Waals surface area contributed by atoms with E-state index >= 15 is 0 Å². The van der Waals surface area contributed by atoms with Crippen LogP contribution < -0.4 is 0 Å². The molecule has 0 saturated heterocycles. The highest BCUT2D eigenvalue weighted by Gasteiger charge is 2.31. The average molecular weight is 186 g/mol. The van der Waals surface area contributed by atoms with Crippen LogP contribution in [0.15, 0.2) is 0 Å². The number of H-pyrrole nitrogens is 1. The molecule has 0 atom stereocenters. The zero-order valence-corrected chi connectivity index (χ0v) is 7.60. The van der Waals surface area contributed by atoms with Gasteiger partial charge in [0.2, 0.25) is 0 Å². The SMILES string of the molecule is C1CC1c1n[nH]c(C2CC2)n1.Cl. The minimum absolute atomic E-state index is 0. The molecule has 12 heavy (non-hydrogen) atoms. The Morgan fingerprint density at radius 1 is 1.08 bits per heavy atom. The molecule has 1 aromatic heterocycles. The second-order valence-electron chi connectivity index (χ2n) is 3.63. The molecule has 0 unspecified atom stereocenters. The molecule has 2 aliphatic carbocycles. The third-order valence-electron chi connectivity index (χ3n) is 2.43. The summed E-state index contributed by atoms with van der Waals surface area (Å²) in [5.74, 6) is 3.60. The van der Waals surface area contributed by atoms with Crippen LogP contribution in [0, 0.1) is 0 Å². The number of aromatic nitrogens is 3. The molecule has 0 amide bonds. The van der Waals surface area contributed by atoms with Crippen LogP contribution in [0.1, 0.15) is 49.2 Å². The second-order valence-corrected chi connectivity index (χ2v) is 3.63. The van der Waals surface area contributed by atoms with Crippen LogP contribution >= 0.6 is 12.4 Å². The van der Waals surface area contributed by atoms with Crippen LogP contribution in [0.3, 0.4) is 0 Å². The van der Waals surface area contributed by atoms with Gasteiger partial charge in [0.05, 0.1) is 0 Å². The molecule has 66 valence electrons. The van der Waals surface area contributed by atoms with Crippen molar-refractivity contribution in [3.05, 3.63) is 11.6 Å². The van der Waals surface area contributed by atoms with Gasteiger partial charge in [0, 0.05) is 11.8 Å². The number of nitrogens with zero attached hydrogens (tertiary/aromatic N) is 2. The van der Waals surface area contributed by atoms with Gasteiger partial charge in [-0.1, -0.05) is 0 Å². The predicted octanol–water partition coefficient (Wildman–Crippen LogP) is 1.98. The normalized spacial score (nSPS) is 22.0. The Hall–Kier alpha value is -0.570. The van der Waals surface area contributed by atoms with Gasteiger partial charge in [-0.05, 0) is 25.7 Å². The summed E-state index contributed by atoms with van der Waals surface area (Å²) in [6, 6.07) is 0. The van der Waals surface area contributed by atoms with Gasteiger partial charge in [0.15, 0.2) is 5.82 Å². The first-order valence-corrected chi connectivity index (χ1v) is 4.35. The lowest BCUT2D eigenvalue weighted by molar-refractivity contribution is 0.926. The van der Waals surface area contributed by atoms with Crippen molar-refractivity contribution in [2.75, 3.05) is 0 Å². The Morgan fingerprint density at radius 2 is 1.75 bits per heavy atom. The highest BCUT2D eigenvalue weighted by Crippen LogP contribution is 2.41. The third-order valence-corrected chi connectivity index (χ3v) is 2.43. The lowest BCUT2D eigenvalue weighted by atomic mass is 10.4. The topological polar surface area (TPSA) is 41.6 Å². The first-order chi connectivity index (χ1) is 5.43. The maximum atomic E-state index is 4.47. The molecule has 0 bridgehead atoms. The highest BCUT2D eigenvalue weighted by molar-refractivity contribution is 5.85. The molecule has 3 rings (SSSR count). The summed E-state index contributed by atoms with van der Waals surface area (Å²) >= 11 is 0. The maximum absolute atomic E-state index is 4.47. The predicted molar refractivity (Wildman–Crippen MR) is 47.6 cm³/mol. The second kappa shape index (κ2) is 2.73. The standard InChI is InChI=1S/C8H11N3.ClH/c1-2-5(1)7-9-8(11-10-7)6-3-4-6;/h5-6H,1-4H2,(H,9,10,11);1H. The molecule has 1 heterocycles. The van der Waals surface area contributed by atoms with Crippen molar-refractivity contribution in [2.24, 2.45) is 0 Å². The Kier molecular flexibility index (Phi) is 1.83. The van der Waals surface area contributed by atoms with E-state index in [0.717, 1.165) is 17.6 Å². The monoisotopic (exact) mass is 185 g/mol. The van der Waals surface area contributed by atoms with Gasteiger partial charge in [-0.25, -0.2) is 4.98 Å². The summed E-state index contributed by atoms with van der Waals surface area (Å²) in [4.78, 5) is 4.47. The minimum Gasteiger partial charge on any atom is -0.263 e. The van der Waals surface area contributed by atoms with E-state index < -0.39 is 0 Å². The fourth-order valence-corrected chi connectivity index (χ4v) is 1.35. The Bertz CT molecular complexity index is 249. The van der Waals surface area contributed by atoms with Crippen molar-refractivity contribution in [1.29, 1.82) is 0 Å². The van der Waals surface area contributed by atoms with E-state index in [0.29, 0.717) is 5.92 Å². The van der Waals surface area contributed by atoms with Crippen molar-refractivity contribution in [3.63, 3.8) is 0 Å². The van der Waals surface area contributed by atoms with Gasteiger partial charge < -0.3 is 0 Å². The summed E-state index contributed by atoms with van der Waals surface area (Å²) in [6.45, 7) is 0. The fourth-order valence-electron chi connectivity index (χ4n) is 1.35. The summed E-state index contributed by atoms with van der Waals surface area (Å²) in [6.07, 6.45) is 5.20. The molecule has 0 aliphatic heterocycles. The first-order valence-electron chi connectivity index (χ1n) is 4.35. The van der Waals surface area contributed by atoms with Crippen molar-refractivity contribution >= 4 is 12.4 Å². The quantitative estimate of drug-likeness (QED) is 0.766. The molecule has 2 fully saturated rings. The van der Waals surface area contributed by atoms with E-state index in [1.165, 1.54) is 25.7 Å². The number of halogens is 1. The summed E-state index contributed by atoms with van der Waals surface area (Å²) in [5.41, 5.74) is 0. The molecule has 2 aliphatic rings. The van der Waals surface area contributed by atoms with Gasteiger partial charge >= 0.3 is 0 Å². The van der Waals surface area contributed by atoms with Crippen molar-refractivity contribution in [1.82, 2.24) is 15.2 Å². The fraction of sp³-hybridized carbons (Fsp3) is 0.750. The van der Waals surface area contributed by atoms with Gasteiger partial charge in [-0.15, -0.1) is 12.4 Å². The van der Waals surface area contributed by atoms with Crippen LogP contribution in [0.4, 0.5) is 0 Å². The Balaban J connectivity index is 0.000000563. The minimum atomic E-state index is 0. The van der Waals surface area contributed by atoms with Gasteiger partial charge in [-0.2, -0.15) is 5.10 Å². The largest absolute Gasteiger partial charge is 0.263 e. The van der Waals surface area contributed by atoms with Crippen molar-refractivity contribution in [2.45, 2.75) is 37.5 Å². The van der Waals surface area contributed by atoms with E-state index in [1.807, 2.05) is 0 Å². The Morgan fingerprint density at radius 3 is 2.33 bits per heavy atom. The first kappa shape index (κ1) is 8.05. The molecule has 4 heteroatoms. The molecule has 3 nitrogen and oxygen atoms in total. The molecular formula is C8H12ClN3. The third kappa shape index (κ3) is 1.33. The van der Waals surface area contributed by atoms with Crippen LogP contribution in [0.5, 0.6) is 0 Å². The molecule has 0 radical (unpaired) electrons. The van der Waals surface area contributed by atoms with Gasteiger partial charge in [-0.3, -0.25) is 5.10 Å². The van der Waals surface area contributed by atoms with E-state index in [9.17, 15) is 0 Å². The zero-order valence-electron chi connectivity index (χ0n) is 6.79. The number of aromatic amines is 1. The van der Waals surface area contributed by atoms with Gasteiger partial charge in [0.25, 0.3) is 0 Å². The van der Waals surface area contributed by atoms with E-state index in [2.05, 4.69) is 15.2 Å². The molecule has 0 aromatic carbocycles. The van der Waals surface area contributed by atoms with Crippen LogP contribution in [-0.2, 0) is 0 Å². The molecule has 1 aromatic rings.